The summed E-state index contributed by atoms with van der Waals surface area (Å²) in [7, 11) is 1.90. The van der Waals surface area contributed by atoms with Crippen molar-refractivity contribution in [1.82, 2.24) is 19.2 Å². The zero-order valence-corrected chi connectivity index (χ0v) is 15.8. The molecule has 0 spiro atoms. The minimum Gasteiger partial charge on any atom is -0.357 e. The summed E-state index contributed by atoms with van der Waals surface area (Å²) in [6.07, 6.45) is 5.01. The van der Waals surface area contributed by atoms with Crippen LogP contribution in [0.4, 0.5) is 11.5 Å². The number of nitrogens with one attached hydrogen (secondary N) is 1. The molecular weight excluding hydrogens is 344 g/mol. The monoisotopic (exact) mass is 368 g/mol. The van der Waals surface area contributed by atoms with E-state index in [1.165, 1.54) is 9.96 Å². The number of carbonyl (C=O) groups excluding carboxylic acids is 1. The van der Waals surface area contributed by atoms with Crippen LogP contribution < -0.4 is 15.9 Å². The fourth-order valence-electron chi connectivity index (χ4n) is 2.91. The smallest absolute Gasteiger partial charge is 0.350 e. The van der Waals surface area contributed by atoms with Gasteiger partial charge < -0.3 is 10.2 Å². The molecule has 0 aliphatic heterocycles. The molecule has 0 saturated carbocycles. The molecule has 0 aliphatic rings. The zero-order chi connectivity index (χ0) is 19.4. The van der Waals surface area contributed by atoms with Gasteiger partial charge in [-0.15, -0.1) is 5.10 Å². The Balaban J connectivity index is 1.82. The Morgan fingerprint density at radius 3 is 2.63 bits per heavy atom. The number of nitrogens with zero attached hydrogens (tertiary/aromatic N) is 5. The Hall–Kier alpha value is -3.16. The summed E-state index contributed by atoms with van der Waals surface area (Å²) in [5.74, 6) is 0.312. The Labute approximate surface area is 157 Å². The van der Waals surface area contributed by atoms with Crippen LogP contribution in [-0.2, 0) is 17.8 Å². The molecule has 0 unspecified atom stereocenters. The largest absolute Gasteiger partial charge is 0.357 e. The summed E-state index contributed by atoms with van der Waals surface area (Å²) in [6, 6.07) is 7.64. The van der Waals surface area contributed by atoms with Gasteiger partial charge in [0.1, 0.15) is 6.54 Å². The molecule has 8 nitrogen and oxygen atoms in total. The Bertz CT molecular complexity index is 990. The van der Waals surface area contributed by atoms with Crippen LogP contribution in [-0.4, -0.2) is 38.7 Å². The van der Waals surface area contributed by atoms with Crippen molar-refractivity contribution in [2.75, 3.05) is 23.8 Å². The Morgan fingerprint density at radius 2 is 1.96 bits per heavy atom. The van der Waals surface area contributed by atoms with Crippen LogP contribution in [0.25, 0.3) is 5.65 Å². The van der Waals surface area contributed by atoms with Gasteiger partial charge in [-0.1, -0.05) is 26.0 Å². The number of fused-ring (bicyclic) bond motifs is 1. The number of aryl methyl sites for hydroxylation is 1. The summed E-state index contributed by atoms with van der Waals surface area (Å²) >= 11 is 0. The van der Waals surface area contributed by atoms with Gasteiger partial charge in [-0.25, -0.2) is 18.9 Å². The number of benzene rings is 1. The van der Waals surface area contributed by atoms with Crippen LogP contribution >= 0.6 is 0 Å². The third-order valence-electron chi connectivity index (χ3n) is 4.34. The van der Waals surface area contributed by atoms with E-state index in [0.717, 1.165) is 24.1 Å². The maximum absolute atomic E-state index is 12.6. The van der Waals surface area contributed by atoms with Crippen molar-refractivity contribution in [1.29, 1.82) is 0 Å². The average molecular weight is 368 g/mol. The summed E-state index contributed by atoms with van der Waals surface area (Å²) < 4.78 is 2.58. The van der Waals surface area contributed by atoms with E-state index in [4.69, 9.17) is 0 Å². The standard InChI is InChI=1S/C19H24N6O2/c1-4-11-23(3)17-18-22-25(19(27)24(18)12-10-20-17)13-16(26)21-15-8-6-14(5-2)7-9-15/h6-10,12H,4-5,11,13H2,1-3H3,(H,21,26). The first-order valence-electron chi connectivity index (χ1n) is 9.07. The SMILES string of the molecule is CCCN(C)c1nccn2c(=O)n(CC(=O)Nc3ccc(CC)cc3)nc12. The van der Waals surface area contributed by atoms with Crippen LogP contribution in [0.5, 0.6) is 0 Å². The number of amides is 1. The molecule has 2 aromatic heterocycles. The second-order valence-corrected chi connectivity index (χ2v) is 6.40. The van der Waals surface area contributed by atoms with E-state index in [0.29, 0.717) is 17.2 Å². The summed E-state index contributed by atoms with van der Waals surface area (Å²) in [5.41, 5.74) is 1.97. The van der Waals surface area contributed by atoms with Gasteiger partial charge in [0.25, 0.3) is 0 Å². The van der Waals surface area contributed by atoms with Gasteiger partial charge in [-0.3, -0.25) is 4.79 Å². The second kappa shape index (κ2) is 8.03. The molecule has 0 fully saturated rings. The molecule has 3 rings (SSSR count). The molecular formula is C19H24N6O2. The Morgan fingerprint density at radius 1 is 1.22 bits per heavy atom. The van der Waals surface area contributed by atoms with Crippen molar-refractivity contribution in [3.63, 3.8) is 0 Å². The number of aromatic nitrogens is 4. The highest BCUT2D eigenvalue weighted by Gasteiger charge is 2.16. The van der Waals surface area contributed by atoms with Crippen LogP contribution in [0.1, 0.15) is 25.8 Å². The lowest BCUT2D eigenvalue weighted by molar-refractivity contribution is -0.117. The molecule has 142 valence electrons. The summed E-state index contributed by atoms with van der Waals surface area (Å²) in [4.78, 5) is 31.2. The molecule has 1 N–H and O–H groups in total. The summed E-state index contributed by atoms with van der Waals surface area (Å²) in [6.45, 7) is 4.78. The minimum atomic E-state index is -0.366. The fourth-order valence-corrected chi connectivity index (χ4v) is 2.91. The van der Waals surface area contributed by atoms with Gasteiger partial charge in [0.15, 0.2) is 5.82 Å². The van der Waals surface area contributed by atoms with Gasteiger partial charge in [0.2, 0.25) is 11.6 Å². The average Bonchev–Trinajstić information content (AvgIpc) is 2.98. The molecule has 0 radical (unpaired) electrons. The molecule has 27 heavy (non-hydrogen) atoms. The zero-order valence-electron chi connectivity index (χ0n) is 15.8. The van der Waals surface area contributed by atoms with Gasteiger partial charge in [0, 0.05) is 31.7 Å². The van der Waals surface area contributed by atoms with E-state index >= 15 is 0 Å². The lowest BCUT2D eigenvalue weighted by atomic mass is 10.1. The number of carbonyl (C=O) groups is 1. The van der Waals surface area contributed by atoms with Crippen molar-refractivity contribution >= 4 is 23.1 Å². The minimum absolute atomic E-state index is 0.160. The maximum Gasteiger partial charge on any atom is 0.350 e. The van der Waals surface area contributed by atoms with Crippen LogP contribution in [0.2, 0.25) is 0 Å². The molecule has 8 heteroatoms. The second-order valence-electron chi connectivity index (χ2n) is 6.40. The lowest BCUT2D eigenvalue weighted by Gasteiger charge is -2.16. The lowest BCUT2D eigenvalue weighted by Crippen LogP contribution is -2.28. The Kier molecular flexibility index (Phi) is 5.54. The predicted octanol–water partition coefficient (Wildman–Crippen LogP) is 1.94. The molecule has 0 bridgehead atoms. The molecule has 0 atom stereocenters. The van der Waals surface area contributed by atoms with E-state index < -0.39 is 0 Å². The molecule has 1 aromatic carbocycles. The molecule has 0 aliphatic carbocycles. The highest BCUT2D eigenvalue weighted by atomic mass is 16.2. The third kappa shape index (κ3) is 3.99. The van der Waals surface area contributed by atoms with Gasteiger partial charge in [-0.2, -0.15) is 0 Å². The van der Waals surface area contributed by atoms with E-state index in [-0.39, 0.29) is 18.1 Å². The van der Waals surface area contributed by atoms with Crippen LogP contribution in [0, 0.1) is 0 Å². The fraction of sp³-hybridized carbons (Fsp3) is 0.368. The van der Waals surface area contributed by atoms with E-state index in [1.807, 2.05) is 36.2 Å². The number of anilines is 2. The highest BCUT2D eigenvalue weighted by molar-refractivity contribution is 5.90. The number of rotatable bonds is 7. The molecule has 2 heterocycles. The first-order valence-corrected chi connectivity index (χ1v) is 9.07. The molecule has 0 saturated heterocycles. The van der Waals surface area contributed by atoms with E-state index in [1.54, 1.807) is 12.4 Å². The number of hydrogen-bond donors (Lipinski definition) is 1. The quantitative estimate of drug-likeness (QED) is 0.689. The predicted molar refractivity (Wildman–Crippen MR) is 105 cm³/mol. The maximum atomic E-state index is 12.6. The van der Waals surface area contributed by atoms with E-state index in [9.17, 15) is 9.59 Å². The van der Waals surface area contributed by atoms with Gasteiger partial charge >= 0.3 is 5.69 Å². The van der Waals surface area contributed by atoms with Crippen molar-refractivity contribution in [3.05, 3.63) is 52.7 Å². The van der Waals surface area contributed by atoms with Crippen molar-refractivity contribution in [2.45, 2.75) is 33.2 Å². The topological polar surface area (TPSA) is 84.5 Å². The first kappa shape index (κ1) is 18.6. The van der Waals surface area contributed by atoms with Crippen LogP contribution in [0.3, 0.4) is 0 Å². The van der Waals surface area contributed by atoms with Crippen LogP contribution in [0.15, 0.2) is 41.5 Å². The highest BCUT2D eigenvalue weighted by Crippen LogP contribution is 2.14. The van der Waals surface area contributed by atoms with Gasteiger partial charge in [-0.05, 0) is 30.5 Å². The van der Waals surface area contributed by atoms with Crippen molar-refractivity contribution < 1.29 is 4.79 Å². The van der Waals surface area contributed by atoms with E-state index in [2.05, 4.69) is 29.2 Å². The molecule has 3 aromatic rings. The normalized spacial score (nSPS) is 10.9. The third-order valence-corrected chi connectivity index (χ3v) is 4.34. The van der Waals surface area contributed by atoms with Gasteiger partial charge in [0.05, 0.1) is 0 Å². The number of hydrogen-bond acceptors (Lipinski definition) is 5. The summed E-state index contributed by atoms with van der Waals surface area (Å²) in [5, 5.41) is 7.12. The van der Waals surface area contributed by atoms with Crippen molar-refractivity contribution in [3.8, 4) is 0 Å². The first-order chi connectivity index (χ1) is 13.0. The molecule has 1 amide bonds. The van der Waals surface area contributed by atoms with Crippen molar-refractivity contribution in [2.24, 2.45) is 0 Å².